The van der Waals surface area contributed by atoms with Crippen LogP contribution in [0.15, 0.2) is 18.2 Å². The molecule has 0 atom stereocenters. The van der Waals surface area contributed by atoms with Crippen LogP contribution >= 0.6 is 0 Å². The first-order valence-corrected chi connectivity index (χ1v) is 10.0. The van der Waals surface area contributed by atoms with Gasteiger partial charge in [-0.3, -0.25) is 0 Å². The maximum atomic E-state index is 12.1. The topological polar surface area (TPSA) is 56.5 Å². The second-order valence-electron chi connectivity index (χ2n) is 7.48. The van der Waals surface area contributed by atoms with Gasteiger partial charge in [0, 0.05) is 11.8 Å². The zero-order chi connectivity index (χ0) is 17.9. The molecule has 0 amide bonds. The van der Waals surface area contributed by atoms with Crippen molar-refractivity contribution in [2.24, 2.45) is 5.92 Å². The molecule has 138 valence electrons. The highest BCUT2D eigenvalue weighted by molar-refractivity contribution is 5.88. The molecule has 0 unspecified atom stereocenters. The van der Waals surface area contributed by atoms with Crippen LogP contribution in [0.1, 0.15) is 80.2 Å². The van der Waals surface area contributed by atoms with Gasteiger partial charge < -0.3 is 4.74 Å². The summed E-state index contributed by atoms with van der Waals surface area (Å²) in [6.07, 6.45) is 13.3. The van der Waals surface area contributed by atoms with Crippen LogP contribution in [-0.2, 0) is 11.2 Å². The number of hydrogen-bond acceptors (Lipinski definition) is 4. The van der Waals surface area contributed by atoms with Gasteiger partial charge in [0.15, 0.2) is 11.3 Å². The smallest absolute Gasteiger partial charge is 0.358 e. The van der Waals surface area contributed by atoms with E-state index in [9.17, 15) is 4.79 Å². The number of nitrogens with zero attached hydrogens (tertiary/aromatic N) is 3. The molecule has 0 bridgehead atoms. The number of aromatic nitrogens is 3. The standard InChI is InChI=1S/C21H27N3O2/c1-2-26-21(25)18-14-20-22-17(12-15-8-6-7-9-15)13-19(24(20)23-18)16-10-4-3-5-11-16/h10,13-15H,2-9,11-12H2,1H3. The van der Waals surface area contributed by atoms with Crippen LogP contribution in [-0.4, -0.2) is 27.2 Å². The lowest BCUT2D eigenvalue weighted by Crippen LogP contribution is -2.09. The molecule has 2 heterocycles. The Balaban J connectivity index is 1.75. The Bertz CT molecular complexity index is 831. The molecule has 5 nitrogen and oxygen atoms in total. The van der Waals surface area contributed by atoms with E-state index < -0.39 is 0 Å². The molecule has 0 saturated heterocycles. The van der Waals surface area contributed by atoms with Gasteiger partial charge in [-0.05, 0) is 56.6 Å². The largest absolute Gasteiger partial charge is 0.461 e. The van der Waals surface area contributed by atoms with Crippen molar-refractivity contribution in [3.05, 3.63) is 35.3 Å². The van der Waals surface area contributed by atoms with Gasteiger partial charge in [0.05, 0.1) is 12.3 Å². The summed E-state index contributed by atoms with van der Waals surface area (Å²) in [6, 6.07) is 3.97. The first-order valence-electron chi connectivity index (χ1n) is 10.0. The molecule has 0 aliphatic heterocycles. The number of esters is 1. The molecule has 1 saturated carbocycles. The van der Waals surface area contributed by atoms with E-state index in [0.717, 1.165) is 42.2 Å². The van der Waals surface area contributed by atoms with Gasteiger partial charge in [-0.1, -0.05) is 31.8 Å². The summed E-state index contributed by atoms with van der Waals surface area (Å²) in [7, 11) is 0. The van der Waals surface area contributed by atoms with Crippen molar-refractivity contribution in [3.8, 4) is 0 Å². The third-order valence-electron chi connectivity index (χ3n) is 5.56. The maximum absolute atomic E-state index is 12.1. The number of rotatable bonds is 5. The summed E-state index contributed by atoms with van der Waals surface area (Å²) in [5, 5.41) is 4.52. The summed E-state index contributed by atoms with van der Waals surface area (Å²) in [5.41, 5.74) is 4.65. The van der Waals surface area contributed by atoms with Gasteiger partial charge in [-0.15, -0.1) is 0 Å². The SMILES string of the molecule is CCOC(=O)c1cc2nc(CC3CCCC3)cc(C3=CCCCC3)n2n1. The Kier molecular flexibility index (Phi) is 5.05. The highest BCUT2D eigenvalue weighted by atomic mass is 16.5. The lowest BCUT2D eigenvalue weighted by molar-refractivity contribution is 0.0519. The normalized spacial score (nSPS) is 18.3. The molecule has 0 radical (unpaired) electrons. The van der Waals surface area contributed by atoms with Gasteiger partial charge in [-0.2, -0.15) is 5.10 Å². The first-order chi connectivity index (χ1) is 12.7. The summed E-state index contributed by atoms with van der Waals surface area (Å²) in [4.78, 5) is 16.9. The van der Waals surface area contributed by atoms with Gasteiger partial charge in [0.1, 0.15) is 0 Å². The number of carbonyl (C=O) groups is 1. The highest BCUT2D eigenvalue weighted by Gasteiger charge is 2.21. The molecule has 26 heavy (non-hydrogen) atoms. The monoisotopic (exact) mass is 353 g/mol. The van der Waals surface area contributed by atoms with Crippen molar-refractivity contribution in [3.63, 3.8) is 0 Å². The van der Waals surface area contributed by atoms with E-state index >= 15 is 0 Å². The fourth-order valence-corrected chi connectivity index (χ4v) is 4.25. The average molecular weight is 353 g/mol. The van der Waals surface area contributed by atoms with Crippen molar-refractivity contribution < 1.29 is 9.53 Å². The second-order valence-corrected chi connectivity index (χ2v) is 7.48. The summed E-state index contributed by atoms with van der Waals surface area (Å²) >= 11 is 0. The van der Waals surface area contributed by atoms with Crippen LogP contribution in [0, 0.1) is 5.92 Å². The fraction of sp³-hybridized carbons (Fsp3) is 0.571. The summed E-state index contributed by atoms with van der Waals surface area (Å²) < 4.78 is 6.96. The van der Waals surface area contributed by atoms with E-state index in [0.29, 0.717) is 12.3 Å². The van der Waals surface area contributed by atoms with E-state index in [1.54, 1.807) is 6.07 Å². The van der Waals surface area contributed by atoms with Crippen molar-refractivity contribution in [1.29, 1.82) is 0 Å². The number of ether oxygens (including phenoxy) is 1. The zero-order valence-electron chi connectivity index (χ0n) is 15.5. The van der Waals surface area contributed by atoms with Crippen LogP contribution in [0.2, 0.25) is 0 Å². The van der Waals surface area contributed by atoms with Crippen LogP contribution < -0.4 is 0 Å². The molecule has 5 heteroatoms. The molecule has 1 fully saturated rings. The van der Waals surface area contributed by atoms with E-state index in [-0.39, 0.29) is 5.97 Å². The molecule has 4 rings (SSSR count). The van der Waals surface area contributed by atoms with E-state index in [1.807, 2.05) is 11.4 Å². The van der Waals surface area contributed by atoms with Crippen LogP contribution in [0.25, 0.3) is 11.2 Å². The molecule has 2 aliphatic carbocycles. The predicted octanol–water partition coefficient (Wildman–Crippen LogP) is 4.60. The van der Waals surface area contributed by atoms with Crippen LogP contribution in [0.5, 0.6) is 0 Å². The first kappa shape index (κ1) is 17.3. The number of fused-ring (bicyclic) bond motifs is 1. The Morgan fingerprint density at radius 2 is 2.08 bits per heavy atom. The Morgan fingerprint density at radius 3 is 2.81 bits per heavy atom. The van der Waals surface area contributed by atoms with Gasteiger partial charge in [0.25, 0.3) is 0 Å². The third-order valence-corrected chi connectivity index (χ3v) is 5.56. The summed E-state index contributed by atoms with van der Waals surface area (Å²) in [6.45, 7) is 2.16. The van der Waals surface area contributed by atoms with Gasteiger partial charge >= 0.3 is 5.97 Å². The Morgan fingerprint density at radius 1 is 1.23 bits per heavy atom. The predicted molar refractivity (Wildman–Crippen MR) is 101 cm³/mol. The number of allylic oxidation sites excluding steroid dienone is 2. The Labute approximate surface area is 154 Å². The van der Waals surface area contributed by atoms with Crippen LogP contribution in [0.3, 0.4) is 0 Å². The van der Waals surface area contributed by atoms with Crippen molar-refractivity contribution >= 4 is 17.2 Å². The molecule has 0 spiro atoms. The van der Waals surface area contributed by atoms with E-state index in [2.05, 4.69) is 17.2 Å². The lowest BCUT2D eigenvalue weighted by atomic mass is 9.95. The van der Waals surface area contributed by atoms with Gasteiger partial charge in [-0.25, -0.2) is 14.3 Å². The second kappa shape index (κ2) is 7.60. The summed E-state index contributed by atoms with van der Waals surface area (Å²) in [5.74, 6) is 0.365. The fourth-order valence-electron chi connectivity index (χ4n) is 4.25. The number of hydrogen-bond donors (Lipinski definition) is 0. The minimum absolute atomic E-state index is 0.343. The average Bonchev–Trinajstić information content (AvgIpc) is 3.31. The third kappa shape index (κ3) is 3.53. The molecular formula is C21H27N3O2. The van der Waals surface area contributed by atoms with Gasteiger partial charge in [0.2, 0.25) is 0 Å². The minimum atomic E-state index is -0.376. The van der Waals surface area contributed by atoms with Crippen molar-refractivity contribution in [1.82, 2.24) is 14.6 Å². The van der Waals surface area contributed by atoms with E-state index in [1.165, 1.54) is 44.1 Å². The van der Waals surface area contributed by atoms with Crippen molar-refractivity contribution in [2.45, 2.75) is 64.7 Å². The quantitative estimate of drug-likeness (QED) is 0.737. The lowest BCUT2D eigenvalue weighted by Gasteiger charge is -2.16. The molecule has 2 aromatic rings. The minimum Gasteiger partial charge on any atom is -0.461 e. The highest BCUT2D eigenvalue weighted by Crippen LogP contribution is 2.31. The molecular weight excluding hydrogens is 326 g/mol. The number of carbonyl (C=O) groups excluding carboxylic acids is 1. The molecule has 2 aromatic heterocycles. The maximum Gasteiger partial charge on any atom is 0.358 e. The van der Waals surface area contributed by atoms with Crippen LogP contribution in [0.4, 0.5) is 0 Å². The molecule has 0 N–H and O–H groups in total. The Hall–Kier alpha value is -2.17. The van der Waals surface area contributed by atoms with E-state index in [4.69, 9.17) is 9.72 Å². The van der Waals surface area contributed by atoms with Crippen molar-refractivity contribution in [2.75, 3.05) is 6.61 Å². The molecule has 0 aromatic carbocycles. The molecule has 2 aliphatic rings. The zero-order valence-corrected chi connectivity index (χ0v) is 15.5.